The van der Waals surface area contributed by atoms with E-state index in [1.54, 1.807) is 4.90 Å². The number of nitrogens with zero attached hydrogens (tertiary/aromatic N) is 1. The molecule has 0 unspecified atom stereocenters. The molecule has 0 spiro atoms. The quantitative estimate of drug-likeness (QED) is 0.528. The lowest BCUT2D eigenvalue weighted by molar-refractivity contribution is -0.0512. The van der Waals surface area contributed by atoms with Gasteiger partial charge in [0.05, 0.1) is 7.11 Å². The van der Waals surface area contributed by atoms with Gasteiger partial charge in [-0.15, -0.1) is 0 Å². The molecule has 3 aromatic rings. The molecule has 0 N–H and O–H groups in total. The Morgan fingerprint density at radius 3 is 1.90 bits per heavy atom. The Labute approximate surface area is 168 Å². The second-order valence-electron chi connectivity index (χ2n) is 6.38. The molecule has 0 aliphatic heterocycles. The van der Waals surface area contributed by atoms with Crippen LogP contribution in [0.15, 0.2) is 78.9 Å². The highest BCUT2D eigenvalue weighted by Gasteiger charge is 2.20. The highest BCUT2D eigenvalue weighted by Crippen LogP contribution is 2.30. The van der Waals surface area contributed by atoms with Crippen LogP contribution in [0.4, 0.5) is 8.78 Å². The predicted octanol–water partition coefficient (Wildman–Crippen LogP) is 5.14. The van der Waals surface area contributed by atoms with Crippen LogP contribution >= 0.6 is 0 Å². The maximum absolute atomic E-state index is 13.2. The van der Waals surface area contributed by atoms with Crippen LogP contribution in [-0.2, 0) is 13.1 Å². The Kier molecular flexibility index (Phi) is 6.79. The number of amides is 1. The molecule has 0 aromatic heterocycles. The zero-order valence-electron chi connectivity index (χ0n) is 15.9. The second kappa shape index (κ2) is 9.68. The van der Waals surface area contributed by atoms with Crippen molar-refractivity contribution in [3.63, 3.8) is 0 Å². The van der Waals surface area contributed by atoms with E-state index in [9.17, 15) is 13.6 Å². The summed E-state index contributed by atoms with van der Waals surface area (Å²) in [5, 5.41) is 0. The third-order valence-corrected chi connectivity index (χ3v) is 4.35. The summed E-state index contributed by atoms with van der Waals surface area (Å²) in [6, 6.07) is 23.5. The van der Waals surface area contributed by atoms with Gasteiger partial charge in [0.25, 0.3) is 5.91 Å². The summed E-state index contributed by atoms with van der Waals surface area (Å²) in [6.45, 7) is -2.16. The summed E-state index contributed by atoms with van der Waals surface area (Å²) in [5.74, 6) is -0.271. The third-order valence-electron chi connectivity index (χ3n) is 4.35. The molecule has 3 rings (SSSR count). The van der Waals surface area contributed by atoms with Gasteiger partial charge in [0, 0.05) is 18.7 Å². The average Bonchev–Trinajstić information content (AvgIpc) is 2.74. The largest absolute Gasteiger partial charge is 0.493 e. The van der Waals surface area contributed by atoms with Crippen molar-refractivity contribution < 1.29 is 23.0 Å². The maximum Gasteiger partial charge on any atom is 0.387 e. The van der Waals surface area contributed by atoms with Gasteiger partial charge in [-0.25, -0.2) is 0 Å². The summed E-state index contributed by atoms with van der Waals surface area (Å²) in [5.41, 5.74) is 2.30. The van der Waals surface area contributed by atoms with Crippen LogP contribution in [-0.4, -0.2) is 24.5 Å². The van der Waals surface area contributed by atoms with Gasteiger partial charge in [0.2, 0.25) is 0 Å². The molecule has 0 aliphatic rings. The number of halogens is 2. The van der Waals surface area contributed by atoms with E-state index in [1.807, 2.05) is 60.7 Å². The molecule has 0 fully saturated rings. The molecule has 29 heavy (non-hydrogen) atoms. The second-order valence-corrected chi connectivity index (χ2v) is 6.38. The molecule has 0 heterocycles. The number of carbonyl (C=O) groups excluding carboxylic acids is 1. The third kappa shape index (κ3) is 5.54. The van der Waals surface area contributed by atoms with Crippen molar-refractivity contribution in [1.29, 1.82) is 0 Å². The molecule has 0 bridgehead atoms. The molecule has 0 saturated heterocycles. The predicted molar refractivity (Wildman–Crippen MR) is 106 cm³/mol. The molecule has 6 heteroatoms. The van der Waals surface area contributed by atoms with Crippen molar-refractivity contribution in [2.75, 3.05) is 7.11 Å². The Hall–Kier alpha value is -3.41. The first kappa shape index (κ1) is 20.3. The van der Waals surface area contributed by atoms with Crippen LogP contribution in [0.3, 0.4) is 0 Å². The fourth-order valence-electron chi connectivity index (χ4n) is 2.98. The zero-order chi connectivity index (χ0) is 20.6. The van der Waals surface area contributed by atoms with E-state index in [4.69, 9.17) is 4.74 Å². The molecular weight excluding hydrogens is 376 g/mol. The number of alkyl halides is 2. The van der Waals surface area contributed by atoms with E-state index >= 15 is 0 Å². The summed E-state index contributed by atoms with van der Waals surface area (Å²) < 4.78 is 34.7. The fourth-order valence-corrected chi connectivity index (χ4v) is 2.98. The molecule has 4 nitrogen and oxygen atoms in total. The summed E-state index contributed by atoms with van der Waals surface area (Å²) in [7, 11) is 1.34. The molecule has 3 aromatic carbocycles. The zero-order valence-corrected chi connectivity index (χ0v) is 15.9. The topological polar surface area (TPSA) is 38.8 Å². The van der Waals surface area contributed by atoms with Crippen molar-refractivity contribution >= 4 is 5.91 Å². The molecule has 0 radical (unpaired) electrons. The van der Waals surface area contributed by atoms with Crippen LogP contribution < -0.4 is 9.47 Å². The first-order chi connectivity index (χ1) is 14.1. The first-order valence-corrected chi connectivity index (χ1v) is 9.07. The fraction of sp³-hybridized carbons (Fsp3) is 0.174. The lowest BCUT2D eigenvalue weighted by Crippen LogP contribution is -2.30. The first-order valence-electron chi connectivity index (χ1n) is 9.07. The van der Waals surface area contributed by atoms with Crippen molar-refractivity contribution in [1.82, 2.24) is 4.90 Å². The van der Waals surface area contributed by atoms with E-state index in [2.05, 4.69) is 4.74 Å². The van der Waals surface area contributed by atoms with Crippen molar-refractivity contribution in [2.45, 2.75) is 19.7 Å². The number of ether oxygens (including phenoxy) is 2. The van der Waals surface area contributed by atoms with Gasteiger partial charge in [-0.1, -0.05) is 60.7 Å². The Balaban J connectivity index is 1.89. The summed E-state index contributed by atoms with van der Waals surface area (Å²) in [6.07, 6.45) is 0. The number of hydrogen-bond acceptors (Lipinski definition) is 3. The minimum Gasteiger partial charge on any atom is -0.493 e. The van der Waals surface area contributed by atoms with Gasteiger partial charge < -0.3 is 14.4 Å². The SMILES string of the molecule is COc1cc(C(=O)N(Cc2ccccc2)Cc2ccccc2)ccc1OC(F)F. The standard InChI is InChI=1S/C23H21F2NO3/c1-28-21-14-19(12-13-20(21)29-23(24)25)22(27)26(15-17-8-4-2-5-9-17)16-18-10-6-3-7-11-18/h2-14,23H,15-16H2,1H3. The van der Waals surface area contributed by atoms with E-state index in [1.165, 1.54) is 25.3 Å². The van der Waals surface area contributed by atoms with Crippen molar-refractivity contribution in [3.8, 4) is 11.5 Å². The van der Waals surface area contributed by atoms with Gasteiger partial charge in [0.1, 0.15) is 0 Å². The van der Waals surface area contributed by atoms with E-state index in [0.29, 0.717) is 18.7 Å². The van der Waals surface area contributed by atoms with Crippen LogP contribution in [0.5, 0.6) is 11.5 Å². The van der Waals surface area contributed by atoms with Gasteiger partial charge in [-0.2, -0.15) is 8.78 Å². The van der Waals surface area contributed by atoms with Crippen LogP contribution in [0, 0.1) is 0 Å². The molecule has 0 aliphatic carbocycles. The van der Waals surface area contributed by atoms with Crippen molar-refractivity contribution in [3.05, 3.63) is 95.6 Å². The Morgan fingerprint density at radius 2 is 1.41 bits per heavy atom. The van der Waals surface area contributed by atoms with Crippen LogP contribution in [0.25, 0.3) is 0 Å². The van der Waals surface area contributed by atoms with Gasteiger partial charge in [0.15, 0.2) is 11.5 Å². The lowest BCUT2D eigenvalue weighted by atomic mass is 10.1. The summed E-state index contributed by atoms with van der Waals surface area (Å²) >= 11 is 0. The number of benzene rings is 3. The molecule has 0 atom stereocenters. The van der Waals surface area contributed by atoms with Crippen LogP contribution in [0.2, 0.25) is 0 Å². The monoisotopic (exact) mass is 397 g/mol. The molecular formula is C23H21F2NO3. The smallest absolute Gasteiger partial charge is 0.387 e. The minimum atomic E-state index is -2.97. The average molecular weight is 397 g/mol. The highest BCUT2D eigenvalue weighted by atomic mass is 19.3. The normalized spacial score (nSPS) is 10.6. The van der Waals surface area contributed by atoms with Crippen LogP contribution in [0.1, 0.15) is 21.5 Å². The maximum atomic E-state index is 13.2. The number of carbonyl (C=O) groups is 1. The van der Waals surface area contributed by atoms with Gasteiger partial charge >= 0.3 is 6.61 Å². The Bertz CT molecular complexity index is 892. The lowest BCUT2D eigenvalue weighted by Gasteiger charge is -2.24. The number of hydrogen-bond donors (Lipinski definition) is 0. The number of methoxy groups -OCH3 is 1. The van der Waals surface area contributed by atoms with Gasteiger partial charge in [-0.3, -0.25) is 4.79 Å². The summed E-state index contributed by atoms with van der Waals surface area (Å²) in [4.78, 5) is 14.9. The number of rotatable bonds is 8. The molecule has 150 valence electrons. The molecule has 0 saturated carbocycles. The van der Waals surface area contributed by atoms with E-state index < -0.39 is 6.61 Å². The Morgan fingerprint density at radius 1 is 0.862 bits per heavy atom. The van der Waals surface area contributed by atoms with Gasteiger partial charge in [-0.05, 0) is 29.3 Å². The van der Waals surface area contributed by atoms with Crippen molar-refractivity contribution in [2.24, 2.45) is 0 Å². The highest BCUT2D eigenvalue weighted by molar-refractivity contribution is 5.95. The van der Waals surface area contributed by atoms with E-state index in [0.717, 1.165) is 11.1 Å². The molecule has 1 amide bonds. The van der Waals surface area contributed by atoms with E-state index in [-0.39, 0.29) is 17.4 Å². The minimum absolute atomic E-state index is 0.0792.